The van der Waals surface area contributed by atoms with Gasteiger partial charge in [0.25, 0.3) is 5.91 Å². The van der Waals surface area contributed by atoms with Crippen LogP contribution in [0.3, 0.4) is 0 Å². The van der Waals surface area contributed by atoms with Crippen LogP contribution in [0.2, 0.25) is 0 Å². The molecule has 0 aliphatic carbocycles. The van der Waals surface area contributed by atoms with Gasteiger partial charge in [-0.25, -0.2) is 0 Å². The summed E-state index contributed by atoms with van der Waals surface area (Å²) in [4.78, 5) is 15.9. The molecule has 0 saturated heterocycles. The van der Waals surface area contributed by atoms with E-state index in [9.17, 15) is 4.79 Å². The second kappa shape index (κ2) is 11.5. The molecular weight excluding hydrogens is 439 g/mol. The third-order valence-corrected chi connectivity index (χ3v) is 3.89. The Labute approximate surface area is 172 Å². The Morgan fingerprint density at radius 1 is 1.04 bits per heavy atom. The first-order valence-electron chi connectivity index (χ1n) is 8.43. The summed E-state index contributed by atoms with van der Waals surface area (Å²) in [5, 5.41) is 9.26. The summed E-state index contributed by atoms with van der Waals surface area (Å²) < 4.78 is 0. The highest BCUT2D eigenvalue weighted by molar-refractivity contribution is 14.0. The Morgan fingerprint density at radius 3 is 2.46 bits per heavy atom. The second-order valence-corrected chi connectivity index (χ2v) is 5.87. The zero-order valence-electron chi connectivity index (χ0n) is 15.5. The highest BCUT2D eigenvalue weighted by atomic mass is 127. The summed E-state index contributed by atoms with van der Waals surface area (Å²) in [6.45, 7) is 3.56. The van der Waals surface area contributed by atoms with Crippen LogP contribution in [0.1, 0.15) is 27.0 Å². The summed E-state index contributed by atoms with van der Waals surface area (Å²) in [6, 6.07) is 16.1. The molecule has 2 rings (SSSR count). The van der Waals surface area contributed by atoms with E-state index in [-0.39, 0.29) is 29.9 Å². The van der Waals surface area contributed by atoms with Crippen molar-refractivity contribution in [2.24, 2.45) is 4.99 Å². The number of aryl methyl sites for hydroxylation is 1. The van der Waals surface area contributed by atoms with Crippen molar-refractivity contribution >= 4 is 35.8 Å². The molecule has 0 bridgehead atoms. The second-order valence-electron chi connectivity index (χ2n) is 5.87. The molecule has 0 spiro atoms. The number of halogens is 1. The predicted molar refractivity (Wildman–Crippen MR) is 118 cm³/mol. The molecule has 0 aromatic heterocycles. The van der Waals surface area contributed by atoms with E-state index in [0.717, 1.165) is 31.0 Å². The van der Waals surface area contributed by atoms with Crippen LogP contribution in [-0.2, 0) is 13.0 Å². The number of rotatable bonds is 6. The fourth-order valence-corrected chi connectivity index (χ4v) is 2.57. The van der Waals surface area contributed by atoms with Crippen LogP contribution in [0.15, 0.2) is 53.5 Å². The molecule has 0 aliphatic heterocycles. The van der Waals surface area contributed by atoms with Gasteiger partial charge in [0, 0.05) is 32.7 Å². The molecule has 1 amide bonds. The van der Waals surface area contributed by atoms with Gasteiger partial charge in [0.15, 0.2) is 5.96 Å². The molecule has 140 valence electrons. The number of carbonyl (C=O) groups excluding carboxylic acids is 1. The molecule has 6 heteroatoms. The molecule has 2 aromatic carbocycles. The molecule has 0 fully saturated rings. The van der Waals surface area contributed by atoms with E-state index in [2.05, 4.69) is 52.1 Å². The zero-order valence-corrected chi connectivity index (χ0v) is 17.8. The van der Waals surface area contributed by atoms with Crippen LogP contribution in [0.5, 0.6) is 0 Å². The quantitative estimate of drug-likeness (QED) is 0.349. The summed E-state index contributed by atoms with van der Waals surface area (Å²) in [7, 11) is 3.40. The van der Waals surface area contributed by atoms with Crippen molar-refractivity contribution in [3.05, 3.63) is 70.8 Å². The monoisotopic (exact) mass is 466 g/mol. The number of carbonyl (C=O) groups is 1. The van der Waals surface area contributed by atoms with E-state index in [4.69, 9.17) is 0 Å². The largest absolute Gasteiger partial charge is 0.356 e. The van der Waals surface area contributed by atoms with E-state index in [1.165, 1.54) is 11.1 Å². The Hall–Kier alpha value is -2.09. The molecular formula is C20H27IN4O. The predicted octanol–water partition coefficient (Wildman–Crippen LogP) is 2.88. The minimum absolute atomic E-state index is 0. The fourth-order valence-electron chi connectivity index (χ4n) is 2.57. The zero-order chi connectivity index (χ0) is 18.1. The number of hydrogen-bond donors (Lipinski definition) is 3. The molecule has 3 N–H and O–H groups in total. The minimum Gasteiger partial charge on any atom is -0.356 e. The van der Waals surface area contributed by atoms with Gasteiger partial charge in [-0.2, -0.15) is 0 Å². The van der Waals surface area contributed by atoms with Crippen LogP contribution in [0, 0.1) is 6.92 Å². The first-order valence-corrected chi connectivity index (χ1v) is 8.43. The number of aliphatic imine (C=N–C) groups is 1. The maximum Gasteiger partial charge on any atom is 0.251 e. The van der Waals surface area contributed by atoms with E-state index in [0.29, 0.717) is 5.56 Å². The van der Waals surface area contributed by atoms with Crippen LogP contribution >= 0.6 is 24.0 Å². The van der Waals surface area contributed by atoms with Gasteiger partial charge in [-0.05, 0) is 36.6 Å². The standard InChI is InChI=1S/C20H26N4O.HI/c1-15-6-4-8-17(12-15)14-24-20(22-3)23-11-10-16-7-5-9-18(13-16)19(25)21-2;/h4-9,12-13H,10-11,14H2,1-3H3,(H,21,25)(H2,22,23,24);1H. The van der Waals surface area contributed by atoms with Crippen LogP contribution in [0.4, 0.5) is 0 Å². The molecule has 5 nitrogen and oxygen atoms in total. The van der Waals surface area contributed by atoms with Crippen molar-refractivity contribution in [2.75, 3.05) is 20.6 Å². The van der Waals surface area contributed by atoms with Crippen LogP contribution < -0.4 is 16.0 Å². The Morgan fingerprint density at radius 2 is 1.77 bits per heavy atom. The van der Waals surface area contributed by atoms with E-state index >= 15 is 0 Å². The average molecular weight is 466 g/mol. The normalized spacial score (nSPS) is 10.7. The maximum atomic E-state index is 11.7. The van der Waals surface area contributed by atoms with Crippen molar-refractivity contribution in [3.63, 3.8) is 0 Å². The smallest absolute Gasteiger partial charge is 0.251 e. The molecule has 0 radical (unpaired) electrons. The van der Waals surface area contributed by atoms with Gasteiger partial charge in [0.1, 0.15) is 0 Å². The lowest BCUT2D eigenvalue weighted by molar-refractivity contribution is 0.0963. The van der Waals surface area contributed by atoms with Gasteiger partial charge in [-0.3, -0.25) is 9.79 Å². The number of benzene rings is 2. The SMILES string of the molecule is CN=C(NCCc1cccc(C(=O)NC)c1)NCc1cccc(C)c1.I. The van der Waals surface area contributed by atoms with Gasteiger partial charge in [-0.15, -0.1) is 24.0 Å². The number of hydrogen-bond acceptors (Lipinski definition) is 2. The summed E-state index contributed by atoms with van der Waals surface area (Å²) in [5.41, 5.74) is 4.27. The van der Waals surface area contributed by atoms with E-state index in [1.807, 2.05) is 24.3 Å². The molecule has 0 atom stereocenters. The van der Waals surface area contributed by atoms with Crippen molar-refractivity contribution in [1.82, 2.24) is 16.0 Å². The molecule has 0 aliphatic rings. The first kappa shape index (κ1) is 22.0. The summed E-state index contributed by atoms with van der Waals surface area (Å²) in [5.74, 6) is 0.703. The summed E-state index contributed by atoms with van der Waals surface area (Å²) >= 11 is 0. The topological polar surface area (TPSA) is 65.5 Å². The third kappa shape index (κ3) is 7.03. The number of nitrogens with zero attached hydrogens (tertiary/aromatic N) is 1. The average Bonchev–Trinajstić information content (AvgIpc) is 2.64. The number of nitrogens with one attached hydrogen (secondary N) is 3. The Bertz CT molecular complexity index is 746. The molecule has 0 heterocycles. The lowest BCUT2D eigenvalue weighted by Gasteiger charge is -2.12. The minimum atomic E-state index is -0.0644. The van der Waals surface area contributed by atoms with Crippen LogP contribution in [-0.4, -0.2) is 32.5 Å². The number of guanidine groups is 1. The molecule has 0 unspecified atom stereocenters. The maximum absolute atomic E-state index is 11.7. The van der Waals surface area contributed by atoms with Gasteiger partial charge in [0.2, 0.25) is 0 Å². The molecule has 0 saturated carbocycles. The van der Waals surface area contributed by atoms with Crippen LogP contribution in [0.25, 0.3) is 0 Å². The Balaban J connectivity index is 0.00000338. The van der Waals surface area contributed by atoms with Crippen molar-refractivity contribution in [2.45, 2.75) is 19.9 Å². The van der Waals surface area contributed by atoms with Gasteiger partial charge in [0.05, 0.1) is 0 Å². The highest BCUT2D eigenvalue weighted by Crippen LogP contribution is 2.06. The van der Waals surface area contributed by atoms with Gasteiger partial charge in [-0.1, -0.05) is 42.0 Å². The first-order chi connectivity index (χ1) is 12.1. The van der Waals surface area contributed by atoms with Crippen molar-refractivity contribution in [3.8, 4) is 0 Å². The highest BCUT2D eigenvalue weighted by Gasteiger charge is 2.04. The third-order valence-electron chi connectivity index (χ3n) is 3.89. The summed E-state index contributed by atoms with van der Waals surface area (Å²) in [6.07, 6.45) is 0.815. The Kier molecular flexibility index (Phi) is 9.72. The molecule has 26 heavy (non-hydrogen) atoms. The lowest BCUT2D eigenvalue weighted by Crippen LogP contribution is -2.37. The van der Waals surface area contributed by atoms with E-state index in [1.54, 1.807) is 14.1 Å². The number of amides is 1. The van der Waals surface area contributed by atoms with Crippen molar-refractivity contribution in [1.29, 1.82) is 0 Å². The van der Waals surface area contributed by atoms with Gasteiger partial charge < -0.3 is 16.0 Å². The fraction of sp³-hybridized carbons (Fsp3) is 0.300. The lowest BCUT2D eigenvalue weighted by atomic mass is 10.1. The van der Waals surface area contributed by atoms with Crippen molar-refractivity contribution < 1.29 is 4.79 Å². The van der Waals surface area contributed by atoms with Gasteiger partial charge >= 0.3 is 0 Å². The van der Waals surface area contributed by atoms with E-state index < -0.39 is 0 Å². The molecule has 2 aromatic rings.